The van der Waals surface area contributed by atoms with Crippen LogP contribution in [0.4, 0.5) is 0 Å². The molecule has 0 radical (unpaired) electrons. The van der Waals surface area contributed by atoms with Gasteiger partial charge in [-0.3, -0.25) is 4.79 Å². The SMILES string of the molecule is Cc1sc(C(C)NC(=O)[C@@H]2CCC[C@@H]2CN)nc1-c1ccc(Cl)cc1.Cl. The lowest BCUT2D eigenvalue weighted by Gasteiger charge is -2.19. The number of rotatable bonds is 5. The molecular formula is C19H25Cl2N3OS. The molecule has 1 aliphatic carbocycles. The number of nitrogens with two attached hydrogens (primary N) is 1. The van der Waals surface area contributed by atoms with E-state index in [1.165, 1.54) is 0 Å². The Kier molecular flexibility index (Phi) is 7.47. The second-order valence-corrected chi connectivity index (χ2v) is 8.40. The molecule has 0 spiro atoms. The van der Waals surface area contributed by atoms with E-state index in [0.717, 1.165) is 40.4 Å². The van der Waals surface area contributed by atoms with Gasteiger partial charge in [-0.2, -0.15) is 0 Å². The third kappa shape index (κ3) is 4.58. The summed E-state index contributed by atoms with van der Waals surface area (Å²) in [6, 6.07) is 7.58. The van der Waals surface area contributed by atoms with E-state index in [0.29, 0.717) is 17.5 Å². The maximum Gasteiger partial charge on any atom is 0.223 e. The quantitative estimate of drug-likeness (QED) is 0.742. The lowest BCUT2D eigenvalue weighted by Crippen LogP contribution is -2.36. The van der Waals surface area contributed by atoms with E-state index in [9.17, 15) is 4.79 Å². The fraction of sp³-hybridized carbons (Fsp3) is 0.474. The molecule has 0 aliphatic heterocycles. The van der Waals surface area contributed by atoms with Crippen LogP contribution in [0.3, 0.4) is 0 Å². The smallest absolute Gasteiger partial charge is 0.223 e. The van der Waals surface area contributed by atoms with Crippen molar-refractivity contribution in [2.45, 2.75) is 39.2 Å². The van der Waals surface area contributed by atoms with Crippen LogP contribution in [0, 0.1) is 18.8 Å². The van der Waals surface area contributed by atoms with Gasteiger partial charge >= 0.3 is 0 Å². The van der Waals surface area contributed by atoms with Crippen molar-refractivity contribution in [2.24, 2.45) is 17.6 Å². The predicted octanol–water partition coefficient (Wildman–Crippen LogP) is 4.75. The maximum atomic E-state index is 12.6. The summed E-state index contributed by atoms with van der Waals surface area (Å²) < 4.78 is 0. The van der Waals surface area contributed by atoms with Crippen LogP contribution in [-0.4, -0.2) is 17.4 Å². The molecule has 1 amide bonds. The molecule has 3 rings (SSSR count). The number of thiazole rings is 1. The van der Waals surface area contributed by atoms with E-state index in [1.54, 1.807) is 11.3 Å². The van der Waals surface area contributed by atoms with Crippen LogP contribution in [0.2, 0.25) is 5.02 Å². The molecule has 3 atom stereocenters. The number of amides is 1. The van der Waals surface area contributed by atoms with Crippen LogP contribution in [0.1, 0.15) is 42.1 Å². The summed E-state index contributed by atoms with van der Waals surface area (Å²) >= 11 is 7.59. The lowest BCUT2D eigenvalue weighted by atomic mass is 9.95. The molecule has 3 N–H and O–H groups in total. The molecule has 1 aliphatic rings. The standard InChI is InChI=1S/C19H24ClN3OS.ClH/c1-11(22-18(24)16-5-3-4-14(16)10-21)19-23-17(12(2)25-19)13-6-8-15(20)9-7-13;/h6-9,11,14,16H,3-5,10,21H2,1-2H3,(H,22,24);1H/t11?,14-,16-;/m1./s1. The van der Waals surface area contributed by atoms with Gasteiger partial charge in [-0.1, -0.05) is 30.2 Å². The maximum absolute atomic E-state index is 12.6. The summed E-state index contributed by atoms with van der Waals surface area (Å²) in [7, 11) is 0. The molecule has 1 fully saturated rings. The van der Waals surface area contributed by atoms with Crippen molar-refractivity contribution in [3.05, 3.63) is 39.2 Å². The lowest BCUT2D eigenvalue weighted by molar-refractivity contribution is -0.126. The molecule has 1 unspecified atom stereocenters. The second kappa shape index (κ2) is 9.18. The van der Waals surface area contributed by atoms with Crippen molar-refractivity contribution >= 4 is 41.3 Å². The predicted molar refractivity (Wildman–Crippen MR) is 111 cm³/mol. The molecule has 0 bridgehead atoms. The number of carbonyl (C=O) groups excluding carboxylic acids is 1. The molecule has 1 heterocycles. The molecule has 26 heavy (non-hydrogen) atoms. The van der Waals surface area contributed by atoms with Gasteiger partial charge in [0, 0.05) is 21.4 Å². The van der Waals surface area contributed by atoms with Crippen LogP contribution in [0.25, 0.3) is 11.3 Å². The number of halogens is 2. The van der Waals surface area contributed by atoms with E-state index in [1.807, 2.05) is 31.2 Å². The highest BCUT2D eigenvalue weighted by Gasteiger charge is 2.32. The van der Waals surface area contributed by atoms with Gasteiger partial charge in [-0.05, 0) is 51.3 Å². The van der Waals surface area contributed by atoms with E-state index in [2.05, 4.69) is 12.2 Å². The first-order valence-corrected chi connectivity index (χ1v) is 9.92. The number of nitrogens with one attached hydrogen (secondary N) is 1. The Labute approximate surface area is 169 Å². The van der Waals surface area contributed by atoms with Gasteiger partial charge in [-0.25, -0.2) is 4.98 Å². The highest BCUT2D eigenvalue weighted by Crippen LogP contribution is 2.33. The van der Waals surface area contributed by atoms with Crippen LogP contribution < -0.4 is 11.1 Å². The summed E-state index contributed by atoms with van der Waals surface area (Å²) in [6.45, 7) is 4.64. The number of aryl methyl sites for hydroxylation is 1. The van der Waals surface area contributed by atoms with Gasteiger partial charge in [0.1, 0.15) is 5.01 Å². The average molecular weight is 414 g/mol. The number of hydrogen-bond donors (Lipinski definition) is 2. The minimum Gasteiger partial charge on any atom is -0.347 e. The molecule has 1 aromatic carbocycles. The Morgan fingerprint density at radius 2 is 2.08 bits per heavy atom. The number of carbonyl (C=O) groups is 1. The third-order valence-electron chi connectivity index (χ3n) is 4.96. The van der Waals surface area contributed by atoms with Gasteiger partial charge in [0.25, 0.3) is 0 Å². The fourth-order valence-electron chi connectivity index (χ4n) is 3.52. The van der Waals surface area contributed by atoms with Gasteiger partial charge in [-0.15, -0.1) is 23.7 Å². The summed E-state index contributed by atoms with van der Waals surface area (Å²) in [5, 5.41) is 4.78. The number of aromatic nitrogens is 1. The summed E-state index contributed by atoms with van der Waals surface area (Å²) in [4.78, 5) is 18.5. The largest absolute Gasteiger partial charge is 0.347 e. The van der Waals surface area contributed by atoms with E-state index in [-0.39, 0.29) is 30.3 Å². The van der Waals surface area contributed by atoms with Crippen LogP contribution in [-0.2, 0) is 4.79 Å². The average Bonchev–Trinajstić information content (AvgIpc) is 3.22. The fourth-order valence-corrected chi connectivity index (χ4v) is 4.60. The third-order valence-corrected chi connectivity index (χ3v) is 6.36. The summed E-state index contributed by atoms with van der Waals surface area (Å²) in [6.07, 6.45) is 3.08. The van der Waals surface area contributed by atoms with Crippen molar-refractivity contribution in [1.82, 2.24) is 10.3 Å². The van der Waals surface area contributed by atoms with Crippen molar-refractivity contribution < 1.29 is 4.79 Å². The van der Waals surface area contributed by atoms with Crippen molar-refractivity contribution in [1.29, 1.82) is 0 Å². The van der Waals surface area contributed by atoms with Crippen molar-refractivity contribution in [3.8, 4) is 11.3 Å². The second-order valence-electron chi connectivity index (χ2n) is 6.73. The number of benzene rings is 1. The number of hydrogen-bond acceptors (Lipinski definition) is 4. The molecular weight excluding hydrogens is 389 g/mol. The van der Waals surface area contributed by atoms with E-state index < -0.39 is 0 Å². The van der Waals surface area contributed by atoms with Gasteiger partial charge in [0.05, 0.1) is 11.7 Å². The Bertz CT molecular complexity index is 748. The topological polar surface area (TPSA) is 68.0 Å². The molecule has 1 saturated carbocycles. The molecule has 0 saturated heterocycles. The molecule has 4 nitrogen and oxygen atoms in total. The zero-order chi connectivity index (χ0) is 18.0. The monoisotopic (exact) mass is 413 g/mol. The minimum absolute atomic E-state index is 0. The Hall–Kier alpha value is -1.14. The van der Waals surface area contributed by atoms with Crippen LogP contribution in [0.5, 0.6) is 0 Å². The Morgan fingerprint density at radius 1 is 1.38 bits per heavy atom. The van der Waals surface area contributed by atoms with Crippen LogP contribution >= 0.6 is 35.3 Å². The molecule has 2 aromatic rings. The normalized spacial score (nSPS) is 20.5. The number of nitrogens with zero attached hydrogens (tertiary/aromatic N) is 1. The first kappa shape index (κ1) is 21.2. The highest BCUT2D eigenvalue weighted by molar-refractivity contribution is 7.12. The van der Waals surface area contributed by atoms with Gasteiger partial charge < -0.3 is 11.1 Å². The Morgan fingerprint density at radius 3 is 2.73 bits per heavy atom. The molecule has 142 valence electrons. The van der Waals surface area contributed by atoms with Crippen molar-refractivity contribution in [2.75, 3.05) is 6.54 Å². The van der Waals surface area contributed by atoms with Gasteiger partial charge in [0.15, 0.2) is 0 Å². The zero-order valence-electron chi connectivity index (χ0n) is 15.0. The molecule has 7 heteroatoms. The van der Waals surface area contributed by atoms with Crippen molar-refractivity contribution in [3.63, 3.8) is 0 Å². The first-order valence-electron chi connectivity index (χ1n) is 8.73. The van der Waals surface area contributed by atoms with Gasteiger partial charge in [0.2, 0.25) is 5.91 Å². The van der Waals surface area contributed by atoms with E-state index >= 15 is 0 Å². The first-order chi connectivity index (χ1) is 12.0. The Balaban J connectivity index is 0.00000243. The molecule has 1 aromatic heterocycles. The summed E-state index contributed by atoms with van der Waals surface area (Å²) in [5.41, 5.74) is 7.80. The highest BCUT2D eigenvalue weighted by atomic mass is 35.5. The van der Waals surface area contributed by atoms with E-state index in [4.69, 9.17) is 22.3 Å². The summed E-state index contributed by atoms with van der Waals surface area (Å²) in [5.74, 6) is 0.473. The minimum atomic E-state index is -0.101. The zero-order valence-corrected chi connectivity index (χ0v) is 17.4. The van der Waals surface area contributed by atoms with Crippen LogP contribution in [0.15, 0.2) is 24.3 Å².